The minimum Gasteiger partial charge on any atom is -0.384 e. The maximum absolute atomic E-state index is 13.0. The third-order valence-corrected chi connectivity index (χ3v) is 7.85. The van der Waals surface area contributed by atoms with Crippen molar-refractivity contribution >= 4 is 77.3 Å². The van der Waals surface area contributed by atoms with E-state index in [0.29, 0.717) is 21.0 Å². The molecule has 3 aromatic carbocycles. The van der Waals surface area contributed by atoms with Crippen molar-refractivity contribution in [3.05, 3.63) is 106 Å². The second-order valence-corrected chi connectivity index (χ2v) is 10.2. The summed E-state index contributed by atoms with van der Waals surface area (Å²) in [5.41, 5.74) is 0.858. The minimum atomic E-state index is -0.856. The van der Waals surface area contributed by atoms with Crippen LogP contribution >= 0.6 is 22.7 Å². The monoisotopic (exact) mass is 508 g/mol. The highest BCUT2D eigenvalue weighted by molar-refractivity contribution is 7.21. The number of carbonyl (C=O) groups excluding carboxylic acids is 3. The molecule has 3 heterocycles. The smallest absolute Gasteiger partial charge is 0.364 e. The van der Waals surface area contributed by atoms with Crippen molar-refractivity contribution in [1.82, 2.24) is 4.98 Å². The fraction of sp³-hybridized carbons (Fsp3) is 0. The molecule has 0 radical (unpaired) electrons. The standard InChI is InChI=1S/C28H16N2O4S2/c31-26(23-14-17-6-1-3-10-21(17)35-23)30-19-9-5-8-16-12-13-20(29-25(16)19)27(32)34-28(33)24-15-18-7-2-4-11-22(18)36-24/h1-15H,(H,30,31). The Labute approximate surface area is 212 Å². The van der Waals surface area contributed by atoms with E-state index in [9.17, 15) is 14.4 Å². The number of rotatable bonds is 4. The van der Waals surface area contributed by atoms with Crippen LogP contribution in [0.1, 0.15) is 29.8 Å². The van der Waals surface area contributed by atoms with Crippen LogP contribution in [-0.2, 0) is 4.74 Å². The number of fused-ring (bicyclic) bond motifs is 3. The zero-order valence-electron chi connectivity index (χ0n) is 18.6. The van der Waals surface area contributed by atoms with E-state index in [2.05, 4.69) is 10.3 Å². The molecule has 0 aliphatic heterocycles. The van der Waals surface area contributed by atoms with Crippen LogP contribution < -0.4 is 5.32 Å². The number of thiophene rings is 2. The molecular formula is C28H16N2O4S2. The van der Waals surface area contributed by atoms with Crippen LogP contribution in [0, 0.1) is 0 Å². The van der Waals surface area contributed by atoms with Gasteiger partial charge in [-0.2, -0.15) is 0 Å². The second kappa shape index (κ2) is 8.99. The van der Waals surface area contributed by atoms with Crippen molar-refractivity contribution in [3.63, 3.8) is 0 Å². The third-order valence-electron chi connectivity index (χ3n) is 5.64. The van der Waals surface area contributed by atoms with E-state index in [4.69, 9.17) is 4.74 Å². The maximum atomic E-state index is 13.0. The summed E-state index contributed by atoms with van der Waals surface area (Å²) in [6.07, 6.45) is 0. The highest BCUT2D eigenvalue weighted by Crippen LogP contribution is 2.29. The summed E-state index contributed by atoms with van der Waals surface area (Å²) < 4.78 is 7.06. The highest BCUT2D eigenvalue weighted by atomic mass is 32.1. The summed E-state index contributed by atoms with van der Waals surface area (Å²) in [5.74, 6) is -1.85. The molecule has 0 unspecified atom stereocenters. The van der Waals surface area contributed by atoms with Gasteiger partial charge in [0.25, 0.3) is 5.91 Å². The number of nitrogens with zero attached hydrogens (tertiary/aromatic N) is 1. The van der Waals surface area contributed by atoms with Crippen molar-refractivity contribution < 1.29 is 19.1 Å². The number of carbonyl (C=O) groups is 3. The van der Waals surface area contributed by atoms with Crippen molar-refractivity contribution in [1.29, 1.82) is 0 Å². The lowest BCUT2D eigenvalue weighted by Gasteiger charge is -2.08. The van der Waals surface area contributed by atoms with Gasteiger partial charge in [0, 0.05) is 14.8 Å². The number of pyridine rings is 1. The van der Waals surface area contributed by atoms with Crippen LogP contribution in [0.2, 0.25) is 0 Å². The molecule has 36 heavy (non-hydrogen) atoms. The summed E-state index contributed by atoms with van der Waals surface area (Å²) in [4.78, 5) is 43.6. The second-order valence-electron chi connectivity index (χ2n) is 8.00. The summed E-state index contributed by atoms with van der Waals surface area (Å²) in [7, 11) is 0. The molecule has 3 aromatic heterocycles. The zero-order valence-corrected chi connectivity index (χ0v) is 20.2. The van der Waals surface area contributed by atoms with E-state index >= 15 is 0 Å². The first kappa shape index (κ1) is 22.1. The van der Waals surface area contributed by atoms with E-state index in [-0.39, 0.29) is 11.6 Å². The average Bonchev–Trinajstić information content (AvgIpc) is 3.53. The van der Waals surface area contributed by atoms with Crippen LogP contribution in [0.15, 0.2) is 91.0 Å². The zero-order chi connectivity index (χ0) is 24.6. The van der Waals surface area contributed by atoms with E-state index in [1.807, 2.05) is 60.7 Å². The lowest BCUT2D eigenvalue weighted by molar-refractivity contribution is 0.0397. The van der Waals surface area contributed by atoms with E-state index in [1.165, 1.54) is 28.7 Å². The van der Waals surface area contributed by atoms with Crippen molar-refractivity contribution in [2.75, 3.05) is 5.32 Å². The largest absolute Gasteiger partial charge is 0.384 e. The molecule has 0 aliphatic rings. The molecule has 1 N–H and O–H groups in total. The Bertz CT molecular complexity index is 1750. The van der Waals surface area contributed by atoms with Gasteiger partial charge in [0.1, 0.15) is 10.6 Å². The Kier molecular flexibility index (Phi) is 5.52. The summed E-state index contributed by atoms with van der Waals surface area (Å²) in [6.45, 7) is 0. The first-order chi connectivity index (χ1) is 17.5. The van der Waals surface area contributed by atoms with Crippen LogP contribution in [0.3, 0.4) is 0 Å². The average molecular weight is 509 g/mol. The fourth-order valence-electron chi connectivity index (χ4n) is 3.91. The predicted octanol–water partition coefficient (Wildman–Crippen LogP) is 6.91. The molecule has 6 nitrogen and oxygen atoms in total. The summed E-state index contributed by atoms with van der Waals surface area (Å²) >= 11 is 2.66. The van der Waals surface area contributed by atoms with E-state index < -0.39 is 11.9 Å². The third kappa shape index (κ3) is 4.13. The Morgan fingerprint density at radius 3 is 2.03 bits per heavy atom. The number of nitrogens with one attached hydrogen (secondary N) is 1. The van der Waals surface area contributed by atoms with Gasteiger partial charge < -0.3 is 10.1 Å². The van der Waals surface area contributed by atoms with E-state index in [1.54, 1.807) is 24.3 Å². The van der Waals surface area contributed by atoms with Crippen LogP contribution in [0.4, 0.5) is 5.69 Å². The number of hydrogen-bond acceptors (Lipinski definition) is 7. The van der Waals surface area contributed by atoms with Gasteiger partial charge >= 0.3 is 11.9 Å². The topological polar surface area (TPSA) is 85.4 Å². The Balaban J connectivity index is 1.26. The van der Waals surface area contributed by atoms with Gasteiger partial charge in [0.2, 0.25) is 0 Å². The molecule has 0 saturated carbocycles. The molecule has 1 amide bonds. The number of esters is 2. The molecule has 6 rings (SSSR count). The lowest BCUT2D eigenvalue weighted by Crippen LogP contribution is -2.14. The molecule has 174 valence electrons. The van der Waals surface area contributed by atoms with Gasteiger partial charge in [0.05, 0.1) is 16.1 Å². The summed E-state index contributed by atoms with van der Waals surface area (Å²) in [5, 5.41) is 5.54. The maximum Gasteiger partial charge on any atom is 0.364 e. The molecule has 0 spiro atoms. The van der Waals surface area contributed by atoms with E-state index in [0.717, 1.165) is 25.6 Å². The van der Waals surface area contributed by atoms with Crippen LogP contribution in [0.5, 0.6) is 0 Å². The van der Waals surface area contributed by atoms with Gasteiger partial charge in [-0.1, -0.05) is 54.6 Å². The molecule has 0 bridgehead atoms. The van der Waals surface area contributed by atoms with Crippen LogP contribution in [-0.4, -0.2) is 22.8 Å². The van der Waals surface area contributed by atoms with Gasteiger partial charge in [-0.15, -0.1) is 22.7 Å². The molecule has 0 atom stereocenters. The van der Waals surface area contributed by atoms with Crippen molar-refractivity contribution in [2.45, 2.75) is 0 Å². The molecular weight excluding hydrogens is 492 g/mol. The highest BCUT2D eigenvalue weighted by Gasteiger charge is 2.20. The number of anilines is 1. The van der Waals surface area contributed by atoms with Gasteiger partial charge in [-0.25, -0.2) is 14.6 Å². The predicted molar refractivity (Wildman–Crippen MR) is 143 cm³/mol. The Morgan fingerprint density at radius 2 is 1.31 bits per heavy atom. The Hall–Kier alpha value is -4.40. The number of benzene rings is 3. The van der Waals surface area contributed by atoms with Gasteiger partial charge in [0.15, 0.2) is 0 Å². The minimum absolute atomic E-state index is 0.0273. The van der Waals surface area contributed by atoms with Crippen LogP contribution in [0.25, 0.3) is 31.1 Å². The molecule has 0 saturated heterocycles. The number of para-hydroxylation sites is 1. The van der Waals surface area contributed by atoms with Gasteiger partial charge in [-0.3, -0.25) is 4.79 Å². The molecule has 6 aromatic rings. The van der Waals surface area contributed by atoms with Gasteiger partial charge in [-0.05, 0) is 47.2 Å². The SMILES string of the molecule is O=C(OC(=O)c1cc2ccccc2s1)c1ccc2cccc(NC(=O)c3cc4ccccc4s3)c2n1. The van der Waals surface area contributed by atoms with Crippen molar-refractivity contribution in [3.8, 4) is 0 Å². The quantitative estimate of drug-likeness (QED) is 0.206. The number of amides is 1. The lowest BCUT2D eigenvalue weighted by atomic mass is 10.1. The Morgan fingerprint density at radius 1 is 0.667 bits per heavy atom. The molecule has 0 aliphatic carbocycles. The first-order valence-corrected chi connectivity index (χ1v) is 12.6. The number of aromatic nitrogens is 1. The molecule has 8 heteroatoms. The summed E-state index contributed by atoms with van der Waals surface area (Å²) in [6, 6.07) is 27.4. The van der Waals surface area contributed by atoms with Crippen molar-refractivity contribution in [2.24, 2.45) is 0 Å². The fourth-order valence-corrected chi connectivity index (χ4v) is 5.81. The number of hydrogen-bond donors (Lipinski definition) is 1. The number of ether oxygens (including phenoxy) is 1. The first-order valence-electron chi connectivity index (χ1n) is 11.0. The molecule has 0 fully saturated rings. The normalized spacial score (nSPS) is 11.1.